The Morgan fingerprint density at radius 1 is 1.70 bits per heavy atom. The van der Waals surface area contributed by atoms with E-state index in [0.29, 0.717) is 9.90 Å². The lowest BCUT2D eigenvalue weighted by molar-refractivity contribution is -0.104. The molecule has 4 heteroatoms. The predicted octanol–water partition coefficient (Wildman–Crippen LogP) is 1.78. The highest BCUT2D eigenvalue weighted by Gasteiger charge is 2.09. The van der Waals surface area contributed by atoms with Crippen molar-refractivity contribution in [3.63, 3.8) is 0 Å². The first kappa shape index (κ1) is 7.44. The molecule has 0 aliphatic carbocycles. The summed E-state index contributed by atoms with van der Waals surface area (Å²) in [5.74, 6) is -0.556. The summed E-state index contributed by atoms with van der Waals surface area (Å²) in [7, 11) is 0. The molecule has 2 nitrogen and oxygen atoms in total. The quantitative estimate of drug-likeness (QED) is 0.389. The number of hydrogen-bond acceptors (Lipinski definition) is 3. The smallest absolute Gasteiger partial charge is 0.236 e. The molecule has 1 aromatic rings. The van der Waals surface area contributed by atoms with Gasteiger partial charge in [0, 0.05) is 0 Å². The van der Waals surface area contributed by atoms with E-state index in [-0.39, 0.29) is 6.29 Å². The normalized spacial score (nSPS) is 9.30. The maximum Gasteiger partial charge on any atom is 0.236 e. The van der Waals surface area contributed by atoms with Crippen LogP contribution in [0.3, 0.4) is 0 Å². The Kier molecular flexibility index (Phi) is 2.19. The minimum absolute atomic E-state index is 0.262. The SMILES string of the molecule is O=CC(=O)c1sccc1Cl. The summed E-state index contributed by atoms with van der Waals surface area (Å²) < 4.78 is 0. The fraction of sp³-hybridized carbons (Fsp3) is 0. The molecule has 1 heterocycles. The first-order valence-corrected chi connectivity index (χ1v) is 3.74. The van der Waals surface area contributed by atoms with Crippen LogP contribution in [0.15, 0.2) is 11.4 Å². The minimum Gasteiger partial charge on any atom is -0.294 e. The summed E-state index contributed by atoms with van der Waals surface area (Å²) in [5.41, 5.74) is 0. The van der Waals surface area contributed by atoms with Crippen molar-refractivity contribution in [2.45, 2.75) is 0 Å². The van der Waals surface area contributed by atoms with Gasteiger partial charge in [0.05, 0.1) is 9.90 Å². The molecule has 0 radical (unpaired) electrons. The van der Waals surface area contributed by atoms with Gasteiger partial charge in [-0.1, -0.05) is 11.6 Å². The van der Waals surface area contributed by atoms with Gasteiger partial charge < -0.3 is 0 Å². The van der Waals surface area contributed by atoms with Gasteiger partial charge in [-0.25, -0.2) is 0 Å². The molecule has 0 atom stereocenters. The number of aldehydes is 1. The Morgan fingerprint density at radius 2 is 2.40 bits per heavy atom. The number of thiophene rings is 1. The molecule has 1 rings (SSSR count). The zero-order chi connectivity index (χ0) is 7.56. The second-order valence-electron chi connectivity index (χ2n) is 1.58. The molecule has 0 bridgehead atoms. The van der Waals surface area contributed by atoms with Crippen LogP contribution in [0.4, 0.5) is 0 Å². The van der Waals surface area contributed by atoms with Crippen molar-refractivity contribution in [3.8, 4) is 0 Å². The highest BCUT2D eigenvalue weighted by molar-refractivity contribution is 7.13. The topological polar surface area (TPSA) is 34.1 Å². The Hall–Kier alpha value is -0.670. The van der Waals surface area contributed by atoms with Crippen molar-refractivity contribution in [1.29, 1.82) is 0 Å². The molecule has 0 N–H and O–H groups in total. The summed E-state index contributed by atoms with van der Waals surface area (Å²) in [6, 6.07) is 1.59. The van der Waals surface area contributed by atoms with Crippen LogP contribution >= 0.6 is 22.9 Å². The predicted molar refractivity (Wildman–Crippen MR) is 39.7 cm³/mol. The van der Waals surface area contributed by atoms with Gasteiger partial charge in [0.25, 0.3) is 0 Å². The molecule has 0 saturated heterocycles. The standard InChI is InChI=1S/C6H3ClO2S/c7-4-1-2-10-6(4)5(9)3-8/h1-3H. The highest BCUT2D eigenvalue weighted by atomic mass is 35.5. The molecule has 0 aromatic carbocycles. The van der Waals surface area contributed by atoms with Crippen LogP contribution in [-0.4, -0.2) is 12.1 Å². The van der Waals surface area contributed by atoms with Gasteiger partial charge in [-0.2, -0.15) is 0 Å². The van der Waals surface area contributed by atoms with Crippen LogP contribution in [0, 0.1) is 0 Å². The lowest BCUT2D eigenvalue weighted by Crippen LogP contribution is -1.95. The molecular formula is C6H3ClO2S. The van der Waals surface area contributed by atoms with Gasteiger partial charge in [-0.3, -0.25) is 9.59 Å². The summed E-state index contributed by atoms with van der Waals surface area (Å²) in [6.07, 6.45) is 0.262. The van der Waals surface area contributed by atoms with E-state index in [4.69, 9.17) is 11.6 Å². The van der Waals surface area contributed by atoms with E-state index in [9.17, 15) is 9.59 Å². The Bertz CT molecular complexity index is 266. The molecule has 1 aromatic heterocycles. The monoisotopic (exact) mass is 174 g/mol. The van der Waals surface area contributed by atoms with E-state index >= 15 is 0 Å². The van der Waals surface area contributed by atoms with Crippen LogP contribution < -0.4 is 0 Å². The Balaban J connectivity index is 3.04. The third-order valence-corrected chi connectivity index (χ3v) is 2.30. The van der Waals surface area contributed by atoms with Crippen LogP contribution in [0.2, 0.25) is 5.02 Å². The van der Waals surface area contributed by atoms with Crippen molar-refractivity contribution in [2.75, 3.05) is 0 Å². The average molecular weight is 175 g/mol. The molecule has 10 heavy (non-hydrogen) atoms. The van der Waals surface area contributed by atoms with Gasteiger partial charge in [-0.05, 0) is 11.4 Å². The third kappa shape index (κ3) is 1.25. The van der Waals surface area contributed by atoms with Crippen LogP contribution in [0.25, 0.3) is 0 Å². The molecular weight excluding hydrogens is 172 g/mol. The second-order valence-corrected chi connectivity index (χ2v) is 2.90. The molecule has 0 aliphatic rings. The summed E-state index contributed by atoms with van der Waals surface area (Å²) in [6.45, 7) is 0. The van der Waals surface area contributed by atoms with Gasteiger partial charge in [0.2, 0.25) is 5.78 Å². The van der Waals surface area contributed by atoms with Crippen molar-refractivity contribution >= 4 is 35.0 Å². The van der Waals surface area contributed by atoms with Crippen LogP contribution in [0.1, 0.15) is 9.67 Å². The van der Waals surface area contributed by atoms with Gasteiger partial charge in [0.15, 0.2) is 6.29 Å². The molecule has 0 amide bonds. The summed E-state index contributed by atoms with van der Waals surface area (Å²) in [4.78, 5) is 20.9. The number of rotatable bonds is 2. The first-order valence-electron chi connectivity index (χ1n) is 2.48. The fourth-order valence-electron chi connectivity index (χ4n) is 0.523. The number of carbonyl (C=O) groups is 2. The molecule has 0 fully saturated rings. The van der Waals surface area contributed by atoms with Crippen molar-refractivity contribution in [1.82, 2.24) is 0 Å². The fourth-order valence-corrected chi connectivity index (χ4v) is 1.57. The number of carbonyl (C=O) groups excluding carboxylic acids is 2. The number of hydrogen-bond donors (Lipinski definition) is 0. The average Bonchev–Trinajstić information content (AvgIpc) is 2.34. The van der Waals surface area contributed by atoms with Gasteiger partial charge >= 0.3 is 0 Å². The number of ketones is 1. The number of Topliss-reactive ketones (excluding diaryl/α,β-unsaturated/α-hetero) is 1. The number of halogens is 1. The van der Waals surface area contributed by atoms with E-state index in [1.165, 1.54) is 11.3 Å². The minimum atomic E-state index is -0.556. The molecule has 0 aliphatic heterocycles. The van der Waals surface area contributed by atoms with E-state index in [0.717, 1.165) is 0 Å². The maximum atomic E-state index is 10.7. The Morgan fingerprint density at radius 3 is 2.80 bits per heavy atom. The van der Waals surface area contributed by atoms with E-state index < -0.39 is 5.78 Å². The van der Waals surface area contributed by atoms with E-state index in [1.807, 2.05) is 0 Å². The second kappa shape index (κ2) is 2.94. The zero-order valence-electron chi connectivity index (χ0n) is 4.83. The van der Waals surface area contributed by atoms with E-state index in [2.05, 4.69) is 0 Å². The largest absolute Gasteiger partial charge is 0.294 e. The summed E-state index contributed by atoms with van der Waals surface area (Å²) in [5, 5.41) is 2.01. The maximum absolute atomic E-state index is 10.7. The first-order chi connectivity index (χ1) is 4.75. The molecule has 52 valence electrons. The zero-order valence-corrected chi connectivity index (χ0v) is 6.41. The van der Waals surface area contributed by atoms with Crippen LogP contribution in [-0.2, 0) is 4.79 Å². The van der Waals surface area contributed by atoms with Gasteiger partial charge in [0.1, 0.15) is 0 Å². The highest BCUT2D eigenvalue weighted by Crippen LogP contribution is 2.21. The lowest BCUT2D eigenvalue weighted by atomic mass is 10.3. The Labute approximate surface area is 66.4 Å². The van der Waals surface area contributed by atoms with E-state index in [1.54, 1.807) is 11.4 Å². The van der Waals surface area contributed by atoms with Crippen LogP contribution in [0.5, 0.6) is 0 Å². The van der Waals surface area contributed by atoms with Gasteiger partial charge in [-0.15, -0.1) is 11.3 Å². The summed E-state index contributed by atoms with van der Waals surface area (Å²) >= 11 is 6.71. The third-order valence-electron chi connectivity index (χ3n) is 0.948. The lowest BCUT2D eigenvalue weighted by Gasteiger charge is -1.84. The molecule has 0 unspecified atom stereocenters. The molecule has 0 spiro atoms. The van der Waals surface area contributed by atoms with Crippen molar-refractivity contribution < 1.29 is 9.59 Å². The molecule has 0 saturated carbocycles. The van der Waals surface area contributed by atoms with Crippen molar-refractivity contribution in [3.05, 3.63) is 21.3 Å². The van der Waals surface area contributed by atoms with Crippen molar-refractivity contribution in [2.24, 2.45) is 0 Å².